The van der Waals surface area contributed by atoms with Crippen LogP contribution in [0.15, 0.2) is 11.5 Å². The van der Waals surface area contributed by atoms with Crippen LogP contribution in [0.2, 0.25) is 0 Å². The number of rotatable bonds is 8. The smallest absolute Gasteiger partial charge is 0.378 e. The van der Waals surface area contributed by atoms with E-state index in [1.54, 1.807) is 0 Å². The molecule has 0 bridgehead atoms. The lowest BCUT2D eigenvalue weighted by Gasteiger charge is -2.20. The normalized spacial score (nSPS) is 34.5. The van der Waals surface area contributed by atoms with Crippen molar-refractivity contribution in [2.75, 3.05) is 26.4 Å². The van der Waals surface area contributed by atoms with Crippen LogP contribution in [-0.4, -0.2) is 57.4 Å². The summed E-state index contributed by atoms with van der Waals surface area (Å²) in [7, 11) is 0. The molecule has 8 nitrogen and oxygen atoms in total. The lowest BCUT2D eigenvalue weighted by molar-refractivity contribution is -0.151. The topological polar surface area (TPSA) is 81.7 Å². The Morgan fingerprint density at radius 2 is 1.46 bits per heavy atom. The molecular weight excluding hydrogens is 344 g/mol. The van der Waals surface area contributed by atoms with Crippen LogP contribution in [0.4, 0.5) is 0 Å². The highest BCUT2D eigenvalue weighted by Crippen LogP contribution is 2.32. The van der Waals surface area contributed by atoms with E-state index in [9.17, 15) is 4.79 Å². The van der Waals surface area contributed by atoms with Crippen LogP contribution < -0.4 is 0 Å². The van der Waals surface area contributed by atoms with Gasteiger partial charge in [-0.05, 0) is 19.3 Å². The monoisotopic (exact) mass is 370 g/mol. The van der Waals surface area contributed by atoms with Crippen molar-refractivity contribution in [3.8, 4) is 0 Å². The number of ether oxygens (including phenoxy) is 7. The Balaban J connectivity index is 1.40. The Morgan fingerprint density at radius 1 is 0.846 bits per heavy atom. The average molecular weight is 370 g/mol. The van der Waals surface area contributed by atoms with E-state index < -0.39 is 18.4 Å². The summed E-state index contributed by atoms with van der Waals surface area (Å²) in [6.45, 7) is 2.43. The van der Waals surface area contributed by atoms with E-state index in [0.717, 1.165) is 45.1 Å². The van der Waals surface area contributed by atoms with Gasteiger partial charge < -0.3 is 33.2 Å². The second-order valence-corrected chi connectivity index (χ2v) is 6.81. The first-order valence-corrected chi connectivity index (χ1v) is 9.54. The van der Waals surface area contributed by atoms with E-state index in [2.05, 4.69) is 0 Å². The molecule has 3 saturated heterocycles. The Hall–Kier alpha value is -1.35. The SMILES string of the molecule is O=C1OC(CCOC2CCCO2)C(OC2CCCO2)=C1OC1CCCO1. The van der Waals surface area contributed by atoms with Gasteiger partial charge in [0.05, 0.1) is 19.8 Å². The first kappa shape index (κ1) is 18.0. The highest BCUT2D eigenvalue weighted by Gasteiger charge is 2.41. The predicted octanol–water partition coefficient (Wildman–Crippen LogP) is 1.97. The van der Waals surface area contributed by atoms with Crippen LogP contribution in [0.5, 0.6) is 0 Å². The van der Waals surface area contributed by atoms with Crippen LogP contribution in [0, 0.1) is 0 Å². The molecule has 26 heavy (non-hydrogen) atoms. The molecule has 3 fully saturated rings. The third kappa shape index (κ3) is 4.31. The quantitative estimate of drug-likeness (QED) is 0.600. The van der Waals surface area contributed by atoms with E-state index in [4.69, 9.17) is 33.2 Å². The van der Waals surface area contributed by atoms with Gasteiger partial charge in [-0.3, -0.25) is 0 Å². The van der Waals surface area contributed by atoms with Gasteiger partial charge in [-0.1, -0.05) is 0 Å². The van der Waals surface area contributed by atoms with Crippen molar-refractivity contribution in [2.45, 2.75) is 69.9 Å². The first-order valence-electron chi connectivity index (χ1n) is 9.54. The summed E-state index contributed by atoms with van der Waals surface area (Å²) in [6.07, 6.45) is 4.25. The van der Waals surface area contributed by atoms with Gasteiger partial charge in [-0.25, -0.2) is 4.79 Å². The molecule has 0 saturated carbocycles. The molecule has 0 N–H and O–H groups in total. The molecule has 0 radical (unpaired) electrons. The second-order valence-electron chi connectivity index (χ2n) is 6.81. The van der Waals surface area contributed by atoms with Gasteiger partial charge in [0, 0.05) is 32.3 Å². The zero-order chi connectivity index (χ0) is 17.8. The molecular formula is C18H26O8. The van der Waals surface area contributed by atoms with E-state index in [1.165, 1.54) is 0 Å². The summed E-state index contributed by atoms with van der Waals surface area (Å²) in [4.78, 5) is 12.3. The molecule has 146 valence electrons. The summed E-state index contributed by atoms with van der Waals surface area (Å²) in [5.74, 6) is -0.0153. The molecule has 4 aliphatic rings. The van der Waals surface area contributed by atoms with Crippen molar-refractivity contribution in [1.82, 2.24) is 0 Å². The maximum atomic E-state index is 12.3. The van der Waals surface area contributed by atoms with Gasteiger partial charge in [0.2, 0.25) is 5.76 Å². The van der Waals surface area contributed by atoms with Crippen molar-refractivity contribution in [3.05, 3.63) is 11.5 Å². The largest absolute Gasteiger partial charge is 0.461 e. The molecule has 4 aliphatic heterocycles. The van der Waals surface area contributed by atoms with E-state index in [-0.39, 0.29) is 18.3 Å². The Kier molecular flexibility index (Phi) is 5.94. The Morgan fingerprint density at radius 3 is 2.08 bits per heavy atom. The van der Waals surface area contributed by atoms with Gasteiger partial charge in [-0.2, -0.15) is 0 Å². The summed E-state index contributed by atoms with van der Waals surface area (Å²) >= 11 is 0. The van der Waals surface area contributed by atoms with Crippen molar-refractivity contribution < 1.29 is 38.0 Å². The number of cyclic esters (lactones) is 1. The van der Waals surface area contributed by atoms with Gasteiger partial charge in [0.25, 0.3) is 0 Å². The van der Waals surface area contributed by atoms with Crippen molar-refractivity contribution >= 4 is 5.97 Å². The Bertz CT molecular complexity index is 515. The average Bonchev–Trinajstić information content (AvgIpc) is 3.42. The molecule has 0 aromatic heterocycles. The molecule has 4 heterocycles. The fourth-order valence-electron chi connectivity index (χ4n) is 3.45. The van der Waals surface area contributed by atoms with Gasteiger partial charge in [0.15, 0.2) is 30.7 Å². The molecule has 4 unspecified atom stereocenters. The minimum absolute atomic E-state index is 0.106. The standard InChI is InChI=1S/C18H26O8/c19-18-17(26-15-6-3-10-22-15)16(25-14-5-2-9-21-14)12(24-18)7-11-23-13-4-1-8-20-13/h12-15H,1-11H2. The summed E-state index contributed by atoms with van der Waals surface area (Å²) < 4.78 is 39.3. The fraction of sp³-hybridized carbons (Fsp3) is 0.833. The zero-order valence-corrected chi connectivity index (χ0v) is 14.9. The predicted molar refractivity (Wildman–Crippen MR) is 86.6 cm³/mol. The Labute approximate surface area is 152 Å². The number of carbonyl (C=O) groups is 1. The number of hydrogen-bond acceptors (Lipinski definition) is 8. The third-order valence-electron chi connectivity index (χ3n) is 4.81. The maximum absolute atomic E-state index is 12.3. The molecule has 8 heteroatoms. The van der Waals surface area contributed by atoms with Crippen LogP contribution in [0.25, 0.3) is 0 Å². The number of carbonyl (C=O) groups excluding carboxylic acids is 1. The van der Waals surface area contributed by atoms with Crippen LogP contribution in [0.3, 0.4) is 0 Å². The van der Waals surface area contributed by atoms with Gasteiger partial charge >= 0.3 is 5.97 Å². The molecule has 0 aromatic rings. The molecule has 4 rings (SSSR count). The molecule has 4 atom stereocenters. The van der Waals surface area contributed by atoms with Crippen molar-refractivity contribution in [3.63, 3.8) is 0 Å². The van der Waals surface area contributed by atoms with E-state index in [1.807, 2.05) is 0 Å². The van der Waals surface area contributed by atoms with Gasteiger partial charge in [-0.15, -0.1) is 0 Å². The van der Waals surface area contributed by atoms with E-state index >= 15 is 0 Å². The van der Waals surface area contributed by atoms with Gasteiger partial charge in [0.1, 0.15) is 0 Å². The van der Waals surface area contributed by atoms with Crippen LogP contribution >= 0.6 is 0 Å². The number of hydrogen-bond donors (Lipinski definition) is 0. The van der Waals surface area contributed by atoms with Crippen LogP contribution in [0.1, 0.15) is 44.9 Å². The lowest BCUT2D eigenvalue weighted by atomic mass is 10.2. The molecule has 0 aromatic carbocycles. The summed E-state index contributed by atoms with van der Waals surface area (Å²) in [5.41, 5.74) is 0. The zero-order valence-electron chi connectivity index (χ0n) is 14.9. The number of esters is 1. The summed E-state index contributed by atoms with van der Waals surface area (Å²) in [5, 5.41) is 0. The van der Waals surface area contributed by atoms with Crippen molar-refractivity contribution in [1.29, 1.82) is 0 Å². The third-order valence-corrected chi connectivity index (χ3v) is 4.81. The molecule has 0 amide bonds. The van der Waals surface area contributed by atoms with Crippen molar-refractivity contribution in [2.24, 2.45) is 0 Å². The second kappa shape index (κ2) is 8.56. The fourth-order valence-corrected chi connectivity index (χ4v) is 3.45. The minimum Gasteiger partial charge on any atom is -0.461 e. The maximum Gasteiger partial charge on any atom is 0.378 e. The minimum atomic E-state index is -0.537. The van der Waals surface area contributed by atoms with Crippen LogP contribution in [-0.2, 0) is 38.0 Å². The molecule has 0 spiro atoms. The highest BCUT2D eigenvalue weighted by molar-refractivity contribution is 5.89. The highest BCUT2D eigenvalue weighted by atomic mass is 16.7. The first-order chi connectivity index (χ1) is 12.8. The lowest BCUT2D eigenvalue weighted by Crippen LogP contribution is -2.22. The molecule has 0 aliphatic carbocycles. The van der Waals surface area contributed by atoms with E-state index in [0.29, 0.717) is 32.0 Å². The summed E-state index contributed by atoms with van der Waals surface area (Å²) in [6, 6.07) is 0.